The van der Waals surface area contributed by atoms with Crippen LogP contribution in [0.2, 0.25) is 0 Å². The molecular weight excluding hydrogens is 474 g/mol. The highest BCUT2D eigenvalue weighted by Gasteiger charge is 2.59. The van der Waals surface area contributed by atoms with Gasteiger partial charge in [0.2, 0.25) is 0 Å². The summed E-state index contributed by atoms with van der Waals surface area (Å²) in [5, 5.41) is 22.5. The van der Waals surface area contributed by atoms with Crippen molar-refractivity contribution >= 4 is 35.1 Å². The Morgan fingerprint density at radius 3 is 2.56 bits per heavy atom. The number of anilines is 1. The van der Waals surface area contributed by atoms with E-state index >= 15 is 0 Å². The molecule has 1 aliphatic heterocycles. The molecule has 2 fully saturated rings. The molecule has 180 valence electrons. The van der Waals surface area contributed by atoms with E-state index in [1.54, 1.807) is 4.90 Å². The first-order chi connectivity index (χ1) is 15.9. The molecule has 0 aromatic heterocycles. The van der Waals surface area contributed by atoms with E-state index in [0.717, 1.165) is 25.6 Å². The summed E-state index contributed by atoms with van der Waals surface area (Å²) in [6.45, 7) is 4.48. The summed E-state index contributed by atoms with van der Waals surface area (Å²) in [5.74, 6) is -1.39. The summed E-state index contributed by atoms with van der Waals surface area (Å²) >= 11 is 5.53. The number of halogens is 4. The highest BCUT2D eigenvalue weighted by molar-refractivity contribution is 7.80. The van der Waals surface area contributed by atoms with Crippen LogP contribution in [0.4, 0.5) is 23.2 Å². The number of carbonyl (C=O) groups is 1. The van der Waals surface area contributed by atoms with Gasteiger partial charge >= 0.3 is 6.18 Å². The second-order valence-electron chi connectivity index (χ2n) is 7.89. The van der Waals surface area contributed by atoms with Crippen LogP contribution in [0.3, 0.4) is 0 Å². The van der Waals surface area contributed by atoms with Gasteiger partial charge in [-0.25, -0.2) is 9.38 Å². The van der Waals surface area contributed by atoms with Gasteiger partial charge in [-0.05, 0) is 56.6 Å². The smallest absolute Gasteiger partial charge is 0.371 e. The highest BCUT2D eigenvalue weighted by Crippen LogP contribution is 2.49. The zero-order valence-electron chi connectivity index (χ0n) is 18.3. The van der Waals surface area contributed by atoms with Gasteiger partial charge in [-0.2, -0.15) is 18.4 Å². The maximum atomic E-state index is 14.6. The van der Waals surface area contributed by atoms with E-state index in [1.165, 1.54) is 30.1 Å². The van der Waals surface area contributed by atoms with Gasteiger partial charge in [-0.1, -0.05) is 6.58 Å². The van der Waals surface area contributed by atoms with E-state index in [-0.39, 0.29) is 16.4 Å². The minimum absolute atomic E-state index is 0.0331. The molecule has 34 heavy (non-hydrogen) atoms. The second kappa shape index (κ2) is 9.15. The lowest BCUT2D eigenvalue weighted by atomic mass is 9.74. The van der Waals surface area contributed by atoms with Crippen LogP contribution < -0.4 is 10.2 Å². The van der Waals surface area contributed by atoms with E-state index in [9.17, 15) is 27.5 Å². The number of benzene rings is 1. The van der Waals surface area contributed by atoms with Gasteiger partial charge in [0.25, 0.3) is 5.91 Å². The second-order valence-corrected chi connectivity index (χ2v) is 8.26. The van der Waals surface area contributed by atoms with E-state index < -0.39 is 40.9 Å². The standard InChI is InChI=1S/C22H21F4N5O2S/c1-12(11-29-17(10-27)13(2)22(24,25)26)30-19(33)21(7-4-8-21)31(20(30)34)14-5-6-15(16(23)9-14)18(32)28-3/h5-6,9,11,19,33H,1,4,7-8H2,2-3H3,(H,28,32)/b17-13+,29-11-. The Kier molecular flexibility index (Phi) is 6.82. The van der Waals surface area contributed by atoms with Crippen molar-refractivity contribution in [2.24, 2.45) is 4.99 Å². The average molecular weight is 496 g/mol. The summed E-state index contributed by atoms with van der Waals surface area (Å²) in [6, 6.07) is 5.33. The first kappa shape index (κ1) is 25.3. The number of hydrogen-bond donors (Lipinski definition) is 2. The first-order valence-corrected chi connectivity index (χ1v) is 10.5. The number of nitrogens with zero attached hydrogens (tertiary/aromatic N) is 4. The summed E-state index contributed by atoms with van der Waals surface area (Å²) < 4.78 is 53.4. The van der Waals surface area contributed by atoms with Crippen LogP contribution in [-0.2, 0) is 0 Å². The molecule has 3 rings (SSSR count). The van der Waals surface area contributed by atoms with Gasteiger partial charge < -0.3 is 15.3 Å². The van der Waals surface area contributed by atoms with Crippen molar-refractivity contribution in [3.05, 3.63) is 53.1 Å². The summed E-state index contributed by atoms with van der Waals surface area (Å²) in [5.41, 5.74) is -2.85. The number of nitriles is 1. The molecule has 7 nitrogen and oxygen atoms in total. The molecule has 0 bridgehead atoms. The van der Waals surface area contributed by atoms with Crippen molar-refractivity contribution < 1.29 is 27.5 Å². The van der Waals surface area contributed by atoms with Crippen molar-refractivity contribution in [2.75, 3.05) is 11.9 Å². The maximum absolute atomic E-state index is 14.6. The monoisotopic (exact) mass is 495 g/mol. The maximum Gasteiger partial charge on any atom is 0.415 e. The van der Waals surface area contributed by atoms with Gasteiger partial charge in [-0.3, -0.25) is 9.69 Å². The Bertz CT molecular complexity index is 1150. The van der Waals surface area contributed by atoms with Crippen LogP contribution in [0.1, 0.15) is 36.5 Å². The number of carbonyl (C=O) groups excluding carboxylic acids is 1. The van der Waals surface area contributed by atoms with Crippen LogP contribution in [0, 0.1) is 17.1 Å². The molecule has 1 saturated carbocycles. The number of rotatable bonds is 5. The molecule has 0 radical (unpaired) electrons. The molecule has 1 amide bonds. The quantitative estimate of drug-likeness (QED) is 0.280. The lowest BCUT2D eigenvalue weighted by Crippen LogP contribution is -2.57. The molecule has 1 aromatic rings. The van der Waals surface area contributed by atoms with Crippen molar-refractivity contribution in [2.45, 2.75) is 44.1 Å². The van der Waals surface area contributed by atoms with E-state index in [1.807, 2.05) is 0 Å². The van der Waals surface area contributed by atoms with E-state index in [4.69, 9.17) is 17.5 Å². The Hall–Kier alpha value is -3.30. The molecular formula is C22H21F4N5O2S. The number of aliphatic hydroxyl groups is 1. The van der Waals surface area contributed by atoms with Crippen molar-refractivity contribution in [1.29, 1.82) is 5.26 Å². The lowest BCUT2D eigenvalue weighted by Gasteiger charge is -2.46. The number of allylic oxidation sites excluding steroid dienone is 3. The average Bonchev–Trinajstić information content (AvgIpc) is 2.99. The predicted molar refractivity (Wildman–Crippen MR) is 121 cm³/mol. The molecule has 1 aliphatic carbocycles. The van der Waals surface area contributed by atoms with Gasteiger partial charge in [0.05, 0.1) is 28.6 Å². The predicted octanol–water partition coefficient (Wildman–Crippen LogP) is 3.78. The van der Waals surface area contributed by atoms with Gasteiger partial charge in [0, 0.05) is 12.7 Å². The van der Waals surface area contributed by atoms with Crippen LogP contribution in [0.15, 0.2) is 46.7 Å². The molecule has 1 unspecified atom stereocenters. The SMILES string of the molecule is C=C(/C=N\C(C#N)=C(/C)C(F)(F)F)N1C(=S)N(c2ccc(C(=O)NC)c(F)c2)C2(CCC2)C1O. The highest BCUT2D eigenvalue weighted by atomic mass is 32.1. The lowest BCUT2D eigenvalue weighted by molar-refractivity contribution is -0.0919. The number of amides is 1. The number of aliphatic hydroxyl groups excluding tert-OH is 1. The third-order valence-electron chi connectivity index (χ3n) is 6.01. The van der Waals surface area contributed by atoms with Crippen LogP contribution >= 0.6 is 12.2 Å². The molecule has 12 heteroatoms. The summed E-state index contributed by atoms with van der Waals surface area (Å²) in [7, 11) is 1.37. The fourth-order valence-corrected chi connectivity index (χ4v) is 4.44. The fraction of sp³-hybridized carbons (Fsp3) is 0.364. The normalized spacial score (nSPS) is 20.3. The molecule has 1 aromatic carbocycles. The number of thiocarbonyl (C=S) groups is 1. The topological polar surface area (TPSA) is 92.0 Å². The molecule has 1 heterocycles. The van der Waals surface area contributed by atoms with E-state index in [0.29, 0.717) is 18.5 Å². The van der Waals surface area contributed by atoms with E-state index in [2.05, 4.69) is 16.9 Å². The number of nitrogens with one attached hydrogen (secondary N) is 1. The third kappa shape index (κ3) is 4.17. The summed E-state index contributed by atoms with van der Waals surface area (Å²) in [6.07, 6.45) is -3.28. The van der Waals surface area contributed by atoms with Crippen molar-refractivity contribution in [3.8, 4) is 6.07 Å². The van der Waals surface area contributed by atoms with Crippen LogP contribution in [0.5, 0.6) is 0 Å². The summed E-state index contributed by atoms with van der Waals surface area (Å²) in [4.78, 5) is 18.2. The molecule has 1 atom stereocenters. The number of hydrogen-bond acceptors (Lipinski definition) is 5. The van der Waals surface area contributed by atoms with Gasteiger partial charge in [0.15, 0.2) is 11.3 Å². The van der Waals surface area contributed by atoms with Gasteiger partial charge in [0.1, 0.15) is 17.6 Å². The molecule has 1 saturated heterocycles. The Morgan fingerprint density at radius 1 is 1.44 bits per heavy atom. The molecule has 2 aliphatic rings. The van der Waals surface area contributed by atoms with Gasteiger partial charge in [-0.15, -0.1) is 0 Å². The van der Waals surface area contributed by atoms with Crippen molar-refractivity contribution in [1.82, 2.24) is 10.2 Å². The number of aliphatic imine (C=N–C) groups is 1. The largest absolute Gasteiger partial charge is 0.415 e. The third-order valence-corrected chi connectivity index (χ3v) is 6.39. The Labute approximate surface area is 198 Å². The zero-order chi connectivity index (χ0) is 25.4. The molecule has 1 spiro atoms. The molecule has 2 N–H and O–H groups in total. The first-order valence-electron chi connectivity index (χ1n) is 10.1. The minimum atomic E-state index is -4.73. The number of alkyl halides is 3. The Morgan fingerprint density at radius 2 is 2.09 bits per heavy atom. The van der Waals surface area contributed by atoms with Crippen LogP contribution in [-0.4, -0.2) is 52.2 Å². The zero-order valence-corrected chi connectivity index (χ0v) is 19.1. The fourth-order valence-electron chi connectivity index (χ4n) is 3.93. The minimum Gasteiger partial charge on any atom is -0.371 e. The van der Waals surface area contributed by atoms with Crippen molar-refractivity contribution in [3.63, 3.8) is 0 Å². The van der Waals surface area contributed by atoms with Crippen LogP contribution in [0.25, 0.3) is 0 Å². The Balaban J connectivity index is 1.96.